The molecule has 3 aliphatic heterocycles. The van der Waals surface area contributed by atoms with Crippen LogP contribution in [0, 0.1) is 0 Å². The molecule has 0 radical (unpaired) electrons. The number of esters is 1. The zero-order chi connectivity index (χ0) is 29.0. The fraction of sp³-hybridized carbons (Fsp3) is 0.773. The van der Waals surface area contributed by atoms with Crippen LogP contribution in [0.1, 0.15) is 60.7 Å². The van der Waals surface area contributed by atoms with Crippen molar-refractivity contribution in [2.45, 2.75) is 77.6 Å². The number of piperazine rings is 1. The smallest absolute Gasteiger partial charge is 0.410 e. The molecule has 2 amide bonds. The van der Waals surface area contributed by atoms with Gasteiger partial charge in [0.25, 0.3) is 0 Å². The number of carbonyl (C=O) groups excluding carboxylic acids is 3. The quantitative estimate of drug-likeness (QED) is 0.635. The zero-order valence-corrected chi connectivity index (χ0v) is 19.5. The van der Waals surface area contributed by atoms with Crippen LogP contribution in [-0.2, 0) is 19.1 Å². The molecule has 0 saturated carbocycles. The minimum Gasteiger partial charge on any atom is -0.467 e. The second-order valence-corrected chi connectivity index (χ2v) is 9.02. The van der Waals surface area contributed by atoms with Crippen molar-refractivity contribution in [3.63, 3.8) is 0 Å². The molecule has 4 atom stereocenters. The second kappa shape index (κ2) is 9.07. The molecule has 3 heterocycles. The Balaban J connectivity index is 2.14. The zero-order valence-electron chi connectivity index (χ0n) is 25.5. The number of nitrogens with one attached hydrogen (secondary N) is 1. The number of carbonyl (C=O) groups is 3. The van der Waals surface area contributed by atoms with Gasteiger partial charge in [-0.1, -0.05) is 13.8 Å². The van der Waals surface area contributed by atoms with E-state index in [1.54, 1.807) is 25.7 Å². The van der Waals surface area contributed by atoms with Gasteiger partial charge in [-0.05, 0) is 33.6 Å². The Bertz CT molecular complexity index is 1000. The number of nitrogens with zero attached hydrogens (tertiary/aromatic N) is 4. The maximum absolute atomic E-state index is 13.3. The van der Waals surface area contributed by atoms with E-state index in [2.05, 4.69) is 0 Å². The summed E-state index contributed by atoms with van der Waals surface area (Å²) in [5.41, 5.74) is -0.479. The SMILES string of the molecule is [2H]C1N2C(=C(N3C[C@@H](CC)N(C(=O)OC(C)(C)C)C[C@@H]3CC)CC(=O)N2C([2H])([2H])[2H])N([2H])C1([2H])C(=O)OC. The van der Waals surface area contributed by atoms with Gasteiger partial charge in [-0.25, -0.2) is 9.59 Å². The molecule has 3 rings (SSSR count). The van der Waals surface area contributed by atoms with Gasteiger partial charge < -0.3 is 24.6 Å². The van der Waals surface area contributed by atoms with Crippen LogP contribution in [0.15, 0.2) is 11.5 Å². The number of hydrogen-bond donors (Lipinski definition) is 1. The van der Waals surface area contributed by atoms with E-state index < -0.39 is 49.5 Å². The summed E-state index contributed by atoms with van der Waals surface area (Å²) in [4.78, 5) is 42.4. The normalized spacial score (nSPS) is 34.2. The maximum atomic E-state index is 13.3. The van der Waals surface area contributed by atoms with Gasteiger partial charge in [0.05, 0.1) is 34.5 Å². The highest BCUT2D eigenvalue weighted by atomic mass is 16.6. The summed E-state index contributed by atoms with van der Waals surface area (Å²) in [6.45, 7) is 4.59. The number of amides is 2. The van der Waals surface area contributed by atoms with Gasteiger partial charge in [-0.15, -0.1) is 0 Å². The standard InChI is InChI=1S/C22H37N5O5/c1-8-14-12-26(21(30)32-22(3,4)5)15(9-2)11-25(14)17-10-18(28)24(6)27-13-16(20(29)31-7)23-19(17)27/h14-16,23H,8-13H2,1-7H3/t14-,15+,16?/m0/s1/i6D3,13D,16D/hD/t13?,14-,15+,16?. The van der Waals surface area contributed by atoms with Crippen molar-refractivity contribution in [1.82, 2.24) is 25.1 Å². The Morgan fingerprint density at radius 1 is 1.28 bits per heavy atom. The van der Waals surface area contributed by atoms with Gasteiger partial charge in [0.2, 0.25) is 5.91 Å². The Labute approximate surface area is 198 Å². The Morgan fingerprint density at radius 3 is 2.53 bits per heavy atom. The van der Waals surface area contributed by atoms with E-state index in [4.69, 9.17) is 17.7 Å². The van der Waals surface area contributed by atoms with E-state index in [-0.39, 0.29) is 36.7 Å². The average Bonchev–Trinajstić information content (AvgIpc) is 3.02. The van der Waals surface area contributed by atoms with E-state index in [1.807, 2.05) is 18.7 Å². The molecule has 1 N–H and O–H groups in total. The summed E-state index contributed by atoms with van der Waals surface area (Å²) >= 11 is 0. The molecule has 0 aromatic rings. The van der Waals surface area contributed by atoms with Crippen molar-refractivity contribution in [3.05, 3.63) is 11.5 Å². The van der Waals surface area contributed by atoms with Crippen LogP contribution in [0.5, 0.6) is 0 Å². The molecule has 0 aromatic carbocycles. The van der Waals surface area contributed by atoms with Crippen LogP contribution < -0.4 is 5.31 Å². The molecule has 0 aliphatic carbocycles. The van der Waals surface area contributed by atoms with E-state index in [0.717, 1.165) is 12.1 Å². The summed E-state index contributed by atoms with van der Waals surface area (Å²) in [5, 5.41) is 1.57. The number of rotatable bonds is 4. The van der Waals surface area contributed by atoms with Crippen molar-refractivity contribution >= 4 is 18.0 Å². The molecular weight excluding hydrogens is 414 g/mol. The first-order chi connectivity index (χ1) is 17.4. The minimum absolute atomic E-state index is 0.218. The topological polar surface area (TPSA) is 94.7 Å². The molecule has 32 heavy (non-hydrogen) atoms. The fourth-order valence-electron chi connectivity index (χ4n) is 4.09. The molecular formula is C22H37N5O5. The van der Waals surface area contributed by atoms with Gasteiger partial charge >= 0.3 is 12.1 Å². The molecule has 10 nitrogen and oxygen atoms in total. The largest absolute Gasteiger partial charge is 0.467 e. The minimum atomic E-state index is -3.03. The lowest BCUT2D eigenvalue weighted by Gasteiger charge is -2.49. The first-order valence-electron chi connectivity index (χ1n) is 13.9. The summed E-state index contributed by atoms with van der Waals surface area (Å²) in [5.74, 6) is -2.32. The third kappa shape index (κ3) is 4.59. The third-order valence-electron chi connectivity index (χ3n) is 5.72. The van der Waals surface area contributed by atoms with Gasteiger partial charge in [-0.2, -0.15) is 0 Å². The van der Waals surface area contributed by atoms with E-state index in [0.29, 0.717) is 23.2 Å². The van der Waals surface area contributed by atoms with Crippen molar-refractivity contribution in [2.24, 2.45) is 0 Å². The van der Waals surface area contributed by atoms with Crippen LogP contribution in [0.3, 0.4) is 0 Å². The summed E-state index contributed by atoms with van der Waals surface area (Å²) in [6, 6.07) is -3.34. The monoisotopic (exact) mass is 457 g/mol. The number of ether oxygens (including phenoxy) is 2. The van der Waals surface area contributed by atoms with Crippen molar-refractivity contribution in [1.29, 1.82) is 0 Å². The molecule has 10 heteroatoms. The molecule has 2 saturated heterocycles. The lowest BCUT2D eigenvalue weighted by molar-refractivity contribution is -0.147. The lowest BCUT2D eigenvalue weighted by atomic mass is 10.0. The molecule has 3 aliphatic rings. The fourth-order valence-corrected chi connectivity index (χ4v) is 4.09. The van der Waals surface area contributed by atoms with Gasteiger partial charge in [0.15, 0.2) is 1.41 Å². The molecule has 0 aromatic heterocycles. The lowest BCUT2D eigenvalue weighted by Crippen LogP contribution is -2.61. The number of methoxy groups -OCH3 is 1. The first-order valence-corrected chi connectivity index (χ1v) is 10.8. The molecule has 2 fully saturated rings. The highest BCUT2D eigenvalue weighted by molar-refractivity contribution is 5.81. The summed E-state index contributed by atoms with van der Waals surface area (Å²) < 4.78 is 60.0. The van der Waals surface area contributed by atoms with E-state index in [1.165, 1.54) is 0 Å². The van der Waals surface area contributed by atoms with E-state index >= 15 is 0 Å². The number of fused-ring (bicyclic) bond motifs is 1. The van der Waals surface area contributed by atoms with Crippen LogP contribution in [-0.4, -0.2) is 95.2 Å². The number of hydrazine groups is 1. The van der Waals surface area contributed by atoms with Crippen LogP contribution in [0.2, 0.25) is 1.41 Å². The van der Waals surface area contributed by atoms with Gasteiger partial charge in [0.1, 0.15) is 17.4 Å². The van der Waals surface area contributed by atoms with Crippen molar-refractivity contribution in [3.8, 4) is 0 Å². The molecule has 180 valence electrons. The Hall–Kier alpha value is -2.65. The highest BCUT2D eigenvalue weighted by Gasteiger charge is 2.45. The predicted octanol–water partition coefficient (Wildman–Crippen LogP) is 1.49. The maximum Gasteiger partial charge on any atom is 0.410 e. The highest BCUT2D eigenvalue weighted by Crippen LogP contribution is 2.33. The molecule has 2 unspecified atom stereocenters. The van der Waals surface area contributed by atoms with Crippen LogP contribution in [0.25, 0.3) is 0 Å². The first kappa shape index (κ1) is 16.9. The predicted molar refractivity (Wildman–Crippen MR) is 118 cm³/mol. The van der Waals surface area contributed by atoms with Crippen molar-refractivity contribution in [2.75, 3.05) is 33.7 Å². The van der Waals surface area contributed by atoms with Crippen molar-refractivity contribution < 1.29 is 32.1 Å². The van der Waals surface area contributed by atoms with Crippen LogP contribution >= 0.6 is 0 Å². The molecule has 0 spiro atoms. The molecule has 0 bridgehead atoms. The Morgan fingerprint density at radius 2 is 1.97 bits per heavy atom. The second-order valence-electron chi connectivity index (χ2n) is 9.02. The van der Waals surface area contributed by atoms with Gasteiger partial charge in [-0.3, -0.25) is 14.8 Å². The van der Waals surface area contributed by atoms with Crippen LogP contribution in [0.4, 0.5) is 4.79 Å². The Kier molecular flexibility index (Phi) is 4.79. The van der Waals surface area contributed by atoms with E-state index in [9.17, 15) is 14.4 Å². The van der Waals surface area contributed by atoms with Gasteiger partial charge in [0, 0.05) is 30.2 Å². The summed E-state index contributed by atoms with van der Waals surface area (Å²) in [7, 11) is 1.01. The third-order valence-corrected chi connectivity index (χ3v) is 5.72. The number of hydrogen-bond acceptors (Lipinski definition) is 8. The average molecular weight is 458 g/mol. The summed E-state index contributed by atoms with van der Waals surface area (Å²) in [6.07, 6.45) is 0.169.